The molecule has 0 fully saturated rings. The molecule has 10 nitrogen and oxygen atoms in total. The molecule has 162 valence electrons. The van der Waals surface area contributed by atoms with Crippen LogP contribution in [-0.2, 0) is 23.9 Å². The van der Waals surface area contributed by atoms with E-state index in [9.17, 15) is 19.2 Å². The first-order valence-corrected chi connectivity index (χ1v) is 9.46. The summed E-state index contributed by atoms with van der Waals surface area (Å²) >= 11 is 0. The van der Waals surface area contributed by atoms with Crippen LogP contribution in [0.15, 0.2) is 0 Å². The molecule has 0 radical (unpaired) electrons. The Morgan fingerprint density at radius 3 is 1.89 bits per heavy atom. The number of likely N-dealkylation sites (N-methyl/N-ethyl adjacent to an activating group) is 1. The van der Waals surface area contributed by atoms with Crippen molar-refractivity contribution in [2.75, 3.05) is 59.5 Å². The van der Waals surface area contributed by atoms with Gasteiger partial charge >= 0.3 is 11.9 Å². The van der Waals surface area contributed by atoms with Gasteiger partial charge in [-0.05, 0) is 12.8 Å². The number of hydrogen-bond donors (Lipinski definition) is 3. The van der Waals surface area contributed by atoms with Crippen LogP contribution in [0.4, 0.5) is 0 Å². The molecular weight excluding hydrogens is 370 g/mol. The van der Waals surface area contributed by atoms with Crippen LogP contribution in [0.2, 0.25) is 0 Å². The predicted octanol–water partition coefficient (Wildman–Crippen LogP) is -0.328. The van der Waals surface area contributed by atoms with Crippen LogP contribution in [0.25, 0.3) is 0 Å². The first-order chi connectivity index (χ1) is 13.3. The summed E-state index contributed by atoms with van der Waals surface area (Å²) in [4.78, 5) is 48.4. The Bertz CT molecular complexity index is 500. The molecule has 0 unspecified atom stereocenters. The van der Waals surface area contributed by atoms with Crippen LogP contribution in [0.1, 0.15) is 32.6 Å². The van der Waals surface area contributed by atoms with E-state index in [1.807, 2.05) is 0 Å². The molecule has 0 rings (SSSR count). The zero-order valence-electron chi connectivity index (χ0n) is 16.8. The highest BCUT2D eigenvalue weighted by molar-refractivity contribution is 5.81. The van der Waals surface area contributed by atoms with Crippen molar-refractivity contribution in [3.05, 3.63) is 0 Å². The van der Waals surface area contributed by atoms with Crippen LogP contribution >= 0.6 is 0 Å². The molecule has 0 saturated carbocycles. The maximum absolute atomic E-state index is 12.1. The van der Waals surface area contributed by atoms with Gasteiger partial charge in [0.1, 0.15) is 5.78 Å². The lowest BCUT2D eigenvalue weighted by Crippen LogP contribution is -2.44. The van der Waals surface area contributed by atoms with E-state index >= 15 is 0 Å². The predicted molar refractivity (Wildman–Crippen MR) is 102 cm³/mol. The number of Topliss-reactive ketones (excluding diaryl/α,β-unsaturated/α-hetero) is 1. The summed E-state index contributed by atoms with van der Waals surface area (Å²) in [6, 6.07) is 0. The lowest BCUT2D eigenvalue weighted by Gasteiger charge is -2.24. The van der Waals surface area contributed by atoms with E-state index in [2.05, 4.69) is 12.2 Å². The minimum Gasteiger partial charge on any atom is -0.480 e. The molecule has 1 amide bonds. The molecule has 0 heterocycles. The molecular formula is C18H33N3O7. The molecule has 3 N–H and O–H groups in total. The van der Waals surface area contributed by atoms with Crippen LogP contribution in [0.5, 0.6) is 0 Å². The smallest absolute Gasteiger partial charge is 0.317 e. The van der Waals surface area contributed by atoms with Crippen LogP contribution in [0, 0.1) is 0 Å². The quantitative estimate of drug-likeness (QED) is 0.263. The Morgan fingerprint density at radius 1 is 0.857 bits per heavy atom. The minimum absolute atomic E-state index is 0.0395. The van der Waals surface area contributed by atoms with Gasteiger partial charge in [-0.15, -0.1) is 0 Å². The molecule has 0 aromatic carbocycles. The van der Waals surface area contributed by atoms with Gasteiger partial charge in [-0.1, -0.05) is 13.3 Å². The molecule has 0 bridgehead atoms. The number of rotatable bonds is 18. The summed E-state index contributed by atoms with van der Waals surface area (Å²) in [5.41, 5.74) is 0. The van der Waals surface area contributed by atoms with E-state index in [0.717, 1.165) is 12.8 Å². The van der Waals surface area contributed by atoms with E-state index in [4.69, 9.17) is 14.9 Å². The van der Waals surface area contributed by atoms with Crippen molar-refractivity contribution < 1.29 is 34.1 Å². The number of carboxylic acids is 2. The third-order valence-corrected chi connectivity index (χ3v) is 3.88. The average molecular weight is 403 g/mol. The molecule has 0 saturated heterocycles. The van der Waals surface area contributed by atoms with Crippen molar-refractivity contribution >= 4 is 23.6 Å². The number of unbranched alkanes of at least 4 members (excludes halogenated alkanes) is 1. The fourth-order valence-electron chi connectivity index (χ4n) is 2.42. The van der Waals surface area contributed by atoms with E-state index in [-0.39, 0.29) is 51.0 Å². The maximum Gasteiger partial charge on any atom is 0.317 e. The van der Waals surface area contributed by atoms with E-state index < -0.39 is 11.9 Å². The number of ketones is 1. The SMILES string of the molecule is CCCCOCCCC(=O)CN(CCN(CC(=O)O)CC(=O)NC)CC(=O)O. The molecule has 0 aromatic heterocycles. The van der Waals surface area contributed by atoms with Crippen LogP contribution in [-0.4, -0.2) is 103 Å². The molecule has 0 aliphatic rings. The molecule has 0 atom stereocenters. The number of carboxylic acid groups (broad SMARTS) is 2. The number of nitrogens with zero attached hydrogens (tertiary/aromatic N) is 2. The fraction of sp³-hybridized carbons (Fsp3) is 0.778. The monoisotopic (exact) mass is 403 g/mol. The Hall–Kier alpha value is -2.04. The van der Waals surface area contributed by atoms with Gasteiger partial charge < -0.3 is 20.3 Å². The molecule has 0 aliphatic carbocycles. The zero-order valence-corrected chi connectivity index (χ0v) is 16.8. The number of carbonyl (C=O) groups excluding carboxylic acids is 2. The first kappa shape index (κ1) is 26.0. The second-order valence-electron chi connectivity index (χ2n) is 6.49. The third-order valence-electron chi connectivity index (χ3n) is 3.88. The van der Waals surface area contributed by atoms with Crippen molar-refractivity contribution in [3.63, 3.8) is 0 Å². The minimum atomic E-state index is -1.09. The number of hydrogen-bond acceptors (Lipinski definition) is 7. The summed E-state index contributed by atoms with van der Waals surface area (Å²) in [6.07, 6.45) is 2.88. The second kappa shape index (κ2) is 16.0. The summed E-state index contributed by atoms with van der Waals surface area (Å²) in [7, 11) is 1.45. The lowest BCUT2D eigenvalue weighted by molar-refractivity contribution is -0.141. The van der Waals surface area contributed by atoms with Gasteiger partial charge in [-0.3, -0.25) is 29.0 Å². The molecule has 0 aromatic rings. The van der Waals surface area contributed by atoms with Gasteiger partial charge in [0.25, 0.3) is 0 Å². The highest BCUT2D eigenvalue weighted by Gasteiger charge is 2.18. The number of aliphatic carboxylic acids is 2. The number of carbonyl (C=O) groups is 4. The topological polar surface area (TPSA) is 136 Å². The zero-order chi connectivity index (χ0) is 21.4. The maximum atomic E-state index is 12.1. The van der Waals surface area contributed by atoms with Gasteiger partial charge in [0.05, 0.1) is 26.2 Å². The van der Waals surface area contributed by atoms with Gasteiger partial charge in [-0.25, -0.2) is 0 Å². The summed E-state index contributed by atoms with van der Waals surface area (Å²) in [6.45, 7) is 2.70. The fourth-order valence-corrected chi connectivity index (χ4v) is 2.42. The standard InChI is InChI=1S/C18H33N3O7/c1-3-4-9-28-10-5-6-15(22)11-20(13-17(24)25)7-8-21(14-18(26)27)12-16(23)19-2/h3-14H2,1-2H3,(H,19,23)(H,24,25)(H,26,27). The third kappa shape index (κ3) is 15.1. The van der Waals surface area contributed by atoms with Gasteiger partial charge in [0.15, 0.2) is 0 Å². The summed E-state index contributed by atoms with van der Waals surface area (Å²) < 4.78 is 5.40. The average Bonchev–Trinajstić information content (AvgIpc) is 2.61. The van der Waals surface area contributed by atoms with E-state index in [0.29, 0.717) is 26.1 Å². The van der Waals surface area contributed by atoms with Crippen LogP contribution in [0.3, 0.4) is 0 Å². The number of amides is 1. The van der Waals surface area contributed by atoms with Gasteiger partial charge in [0, 0.05) is 39.8 Å². The first-order valence-electron chi connectivity index (χ1n) is 9.46. The van der Waals surface area contributed by atoms with Crippen molar-refractivity contribution in [1.82, 2.24) is 15.1 Å². The van der Waals surface area contributed by atoms with E-state index in [1.165, 1.54) is 16.8 Å². The highest BCUT2D eigenvalue weighted by atomic mass is 16.5. The number of nitrogens with one attached hydrogen (secondary N) is 1. The van der Waals surface area contributed by atoms with Crippen LogP contribution < -0.4 is 5.32 Å². The summed E-state index contributed by atoms with van der Waals surface area (Å²) in [5.74, 6) is -2.61. The Labute approximate surface area is 165 Å². The largest absolute Gasteiger partial charge is 0.480 e. The lowest BCUT2D eigenvalue weighted by atomic mass is 10.2. The van der Waals surface area contributed by atoms with Gasteiger partial charge in [-0.2, -0.15) is 0 Å². The highest BCUT2D eigenvalue weighted by Crippen LogP contribution is 1.99. The van der Waals surface area contributed by atoms with E-state index in [1.54, 1.807) is 0 Å². The van der Waals surface area contributed by atoms with Crippen molar-refractivity contribution in [2.45, 2.75) is 32.6 Å². The normalized spacial score (nSPS) is 11.0. The Morgan fingerprint density at radius 2 is 1.39 bits per heavy atom. The van der Waals surface area contributed by atoms with Crippen molar-refractivity contribution in [1.29, 1.82) is 0 Å². The van der Waals surface area contributed by atoms with Gasteiger partial charge in [0.2, 0.25) is 5.91 Å². The second-order valence-corrected chi connectivity index (χ2v) is 6.49. The van der Waals surface area contributed by atoms with Crippen molar-refractivity contribution in [2.24, 2.45) is 0 Å². The molecule has 0 aliphatic heterocycles. The molecule has 28 heavy (non-hydrogen) atoms. The molecule has 0 spiro atoms. The Balaban J connectivity index is 4.49. The molecule has 10 heteroatoms. The van der Waals surface area contributed by atoms with Crippen molar-refractivity contribution in [3.8, 4) is 0 Å². The Kier molecular flexibility index (Phi) is 14.8. The summed E-state index contributed by atoms with van der Waals surface area (Å²) in [5, 5.41) is 20.4. The number of ether oxygens (including phenoxy) is 1.